The van der Waals surface area contributed by atoms with Crippen molar-refractivity contribution in [3.05, 3.63) is 65.7 Å². The van der Waals surface area contributed by atoms with E-state index in [4.69, 9.17) is 0 Å². The molecule has 4 nitrogen and oxygen atoms in total. The fourth-order valence-corrected chi connectivity index (χ4v) is 3.80. The van der Waals surface area contributed by atoms with Crippen molar-refractivity contribution in [1.82, 2.24) is 10.2 Å². The molecule has 156 valence electrons. The van der Waals surface area contributed by atoms with Crippen molar-refractivity contribution in [3.63, 3.8) is 0 Å². The van der Waals surface area contributed by atoms with Gasteiger partial charge in [0.1, 0.15) is 6.04 Å². The minimum atomic E-state index is -0.478. The van der Waals surface area contributed by atoms with Crippen molar-refractivity contribution in [2.45, 2.75) is 64.1 Å². The molecule has 29 heavy (non-hydrogen) atoms. The minimum absolute atomic E-state index is 0.0226. The van der Waals surface area contributed by atoms with Gasteiger partial charge < -0.3 is 10.2 Å². The molecule has 1 N–H and O–H groups in total. The molecule has 0 fully saturated rings. The third-order valence-corrected chi connectivity index (χ3v) is 5.96. The van der Waals surface area contributed by atoms with Gasteiger partial charge in [-0.2, -0.15) is 0 Å². The smallest absolute Gasteiger partial charge is 0.243 e. The van der Waals surface area contributed by atoms with E-state index in [1.165, 1.54) is 17.3 Å². The van der Waals surface area contributed by atoms with Crippen molar-refractivity contribution in [3.8, 4) is 0 Å². The fourth-order valence-electron chi connectivity index (χ4n) is 3.00. The van der Waals surface area contributed by atoms with E-state index in [2.05, 4.69) is 5.32 Å². The Morgan fingerprint density at radius 3 is 2.24 bits per heavy atom. The lowest BCUT2D eigenvalue weighted by molar-refractivity contribution is -0.139. The van der Waals surface area contributed by atoms with Crippen molar-refractivity contribution >= 4 is 23.6 Å². The van der Waals surface area contributed by atoms with Crippen LogP contribution in [0.1, 0.15) is 44.7 Å². The molecule has 0 aliphatic carbocycles. The predicted molar refractivity (Wildman–Crippen MR) is 121 cm³/mol. The van der Waals surface area contributed by atoms with Crippen LogP contribution >= 0.6 is 11.8 Å². The van der Waals surface area contributed by atoms with Gasteiger partial charge in [-0.05, 0) is 44.4 Å². The maximum Gasteiger partial charge on any atom is 0.243 e. The molecule has 0 aromatic heterocycles. The molecule has 0 aliphatic heterocycles. The number of rotatable bonds is 10. The molecule has 0 radical (unpaired) electrons. The summed E-state index contributed by atoms with van der Waals surface area (Å²) in [7, 11) is 0. The largest absolute Gasteiger partial charge is 0.352 e. The van der Waals surface area contributed by atoms with Crippen LogP contribution in [0.2, 0.25) is 0 Å². The number of nitrogens with zero attached hydrogens (tertiary/aromatic N) is 1. The Morgan fingerprint density at radius 2 is 1.66 bits per heavy atom. The Labute approximate surface area is 179 Å². The lowest BCUT2D eigenvalue weighted by Gasteiger charge is -2.31. The molecule has 0 spiro atoms. The lowest BCUT2D eigenvalue weighted by Crippen LogP contribution is -2.51. The summed E-state index contributed by atoms with van der Waals surface area (Å²) in [4.78, 5) is 28.9. The zero-order valence-electron chi connectivity index (χ0n) is 17.9. The SMILES string of the molecule is CCC(C)NC(=O)C(CC)N(Cc1ccc(C)cc1)C(=O)CSc1ccccc1. The summed E-state index contributed by atoms with van der Waals surface area (Å²) in [6.45, 7) is 8.46. The van der Waals surface area contributed by atoms with Crippen LogP contribution in [0.15, 0.2) is 59.5 Å². The second kappa shape index (κ2) is 11.7. The van der Waals surface area contributed by atoms with Crippen LogP contribution in [0.25, 0.3) is 0 Å². The number of benzene rings is 2. The summed E-state index contributed by atoms with van der Waals surface area (Å²) < 4.78 is 0. The summed E-state index contributed by atoms with van der Waals surface area (Å²) in [5.41, 5.74) is 2.20. The van der Waals surface area contributed by atoms with Gasteiger partial charge in [0.15, 0.2) is 0 Å². The number of aryl methyl sites for hydroxylation is 1. The molecule has 0 heterocycles. The summed E-state index contributed by atoms with van der Waals surface area (Å²) >= 11 is 1.50. The molecule has 2 atom stereocenters. The highest BCUT2D eigenvalue weighted by atomic mass is 32.2. The Bertz CT molecular complexity index is 777. The van der Waals surface area contributed by atoms with Gasteiger partial charge in [0, 0.05) is 17.5 Å². The Kier molecular flexibility index (Phi) is 9.26. The van der Waals surface area contributed by atoms with Gasteiger partial charge in [-0.3, -0.25) is 9.59 Å². The van der Waals surface area contributed by atoms with Gasteiger partial charge in [0.2, 0.25) is 11.8 Å². The number of hydrogen-bond donors (Lipinski definition) is 1. The van der Waals surface area contributed by atoms with Gasteiger partial charge >= 0.3 is 0 Å². The van der Waals surface area contributed by atoms with E-state index in [1.807, 2.05) is 82.3 Å². The van der Waals surface area contributed by atoms with Crippen molar-refractivity contribution < 1.29 is 9.59 Å². The quantitative estimate of drug-likeness (QED) is 0.570. The third kappa shape index (κ3) is 7.24. The minimum Gasteiger partial charge on any atom is -0.352 e. The first-order chi connectivity index (χ1) is 13.9. The van der Waals surface area contributed by atoms with Crippen molar-refractivity contribution in [2.75, 3.05) is 5.75 Å². The molecule has 2 amide bonds. The monoisotopic (exact) mass is 412 g/mol. The molecule has 2 aromatic rings. The van der Waals surface area contributed by atoms with Crippen LogP contribution in [0, 0.1) is 6.92 Å². The molecular formula is C24H32N2O2S. The molecule has 0 aliphatic rings. The molecule has 0 saturated carbocycles. The number of carbonyl (C=O) groups is 2. The highest BCUT2D eigenvalue weighted by molar-refractivity contribution is 8.00. The molecule has 2 unspecified atom stereocenters. The second-order valence-corrected chi connectivity index (χ2v) is 8.40. The van der Waals surface area contributed by atoms with Crippen LogP contribution < -0.4 is 5.32 Å². The number of carbonyl (C=O) groups excluding carboxylic acids is 2. The Hall–Kier alpha value is -2.27. The van der Waals surface area contributed by atoms with Crippen LogP contribution in [0.3, 0.4) is 0 Å². The first-order valence-corrected chi connectivity index (χ1v) is 11.3. The summed E-state index contributed by atoms with van der Waals surface area (Å²) in [6.07, 6.45) is 1.44. The van der Waals surface area contributed by atoms with Gasteiger partial charge in [0.05, 0.1) is 5.75 Å². The number of nitrogens with one attached hydrogen (secondary N) is 1. The molecule has 0 bridgehead atoms. The second-order valence-electron chi connectivity index (χ2n) is 7.35. The fraction of sp³-hybridized carbons (Fsp3) is 0.417. The van der Waals surface area contributed by atoms with Crippen LogP contribution in [0.5, 0.6) is 0 Å². The molecule has 2 rings (SSSR count). The number of thioether (sulfide) groups is 1. The standard InChI is InChI=1S/C24H32N2O2S/c1-5-19(4)25-24(28)22(6-2)26(16-20-14-12-18(3)13-15-20)23(27)17-29-21-10-8-7-9-11-21/h7-15,19,22H,5-6,16-17H2,1-4H3,(H,25,28). The summed E-state index contributed by atoms with van der Waals surface area (Å²) in [6, 6.07) is 17.6. The zero-order valence-corrected chi connectivity index (χ0v) is 18.7. The topological polar surface area (TPSA) is 49.4 Å². The van der Waals surface area contributed by atoms with Gasteiger partial charge in [-0.15, -0.1) is 11.8 Å². The Balaban J connectivity index is 2.19. The summed E-state index contributed by atoms with van der Waals surface area (Å²) in [5, 5.41) is 3.04. The zero-order chi connectivity index (χ0) is 21.2. The lowest BCUT2D eigenvalue weighted by atomic mass is 10.1. The molecule has 2 aromatic carbocycles. The van der Waals surface area contributed by atoms with E-state index < -0.39 is 6.04 Å². The first kappa shape index (κ1) is 23.0. The van der Waals surface area contributed by atoms with Crippen LogP contribution in [-0.2, 0) is 16.1 Å². The van der Waals surface area contributed by atoms with Crippen LogP contribution in [-0.4, -0.2) is 34.6 Å². The van der Waals surface area contributed by atoms with E-state index in [0.29, 0.717) is 18.7 Å². The van der Waals surface area contributed by atoms with E-state index in [9.17, 15) is 9.59 Å². The molecule has 5 heteroatoms. The first-order valence-electron chi connectivity index (χ1n) is 10.3. The molecule has 0 saturated heterocycles. The third-order valence-electron chi connectivity index (χ3n) is 4.97. The van der Waals surface area contributed by atoms with Crippen molar-refractivity contribution in [1.29, 1.82) is 0 Å². The normalized spacial score (nSPS) is 12.8. The average molecular weight is 413 g/mol. The number of hydrogen-bond acceptors (Lipinski definition) is 3. The highest BCUT2D eigenvalue weighted by Gasteiger charge is 2.29. The predicted octanol–water partition coefficient (Wildman–Crippen LogP) is 4.81. The Morgan fingerprint density at radius 1 is 1.00 bits per heavy atom. The average Bonchev–Trinajstić information content (AvgIpc) is 2.73. The van der Waals surface area contributed by atoms with E-state index in [0.717, 1.165) is 16.9 Å². The van der Waals surface area contributed by atoms with E-state index in [1.54, 1.807) is 4.90 Å². The summed E-state index contributed by atoms with van der Waals surface area (Å²) in [5.74, 6) is 0.209. The highest BCUT2D eigenvalue weighted by Crippen LogP contribution is 2.20. The van der Waals surface area contributed by atoms with E-state index in [-0.39, 0.29) is 17.9 Å². The maximum absolute atomic E-state index is 13.2. The van der Waals surface area contributed by atoms with E-state index >= 15 is 0 Å². The van der Waals surface area contributed by atoms with Crippen LogP contribution in [0.4, 0.5) is 0 Å². The van der Waals surface area contributed by atoms with Crippen molar-refractivity contribution in [2.24, 2.45) is 0 Å². The number of amides is 2. The van der Waals surface area contributed by atoms with Gasteiger partial charge in [0.25, 0.3) is 0 Å². The van der Waals surface area contributed by atoms with Gasteiger partial charge in [-0.25, -0.2) is 0 Å². The molecular weight excluding hydrogens is 380 g/mol. The maximum atomic E-state index is 13.2. The van der Waals surface area contributed by atoms with Gasteiger partial charge in [-0.1, -0.05) is 61.9 Å².